The van der Waals surface area contributed by atoms with E-state index in [1.54, 1.807) is 19.2 Å². The molecule has 0 spiro atoms. The zero-order chi connectivity index (χ0) is 19.9. The molecule has 6 nitrogen and oxygen atoms in total. The highest BCUT2D eigenvalue weighted by Crippen LogP contribution is 2.18. The number of hydrogen-bond donors (Lipinski definition) is 2. The van der Waals surface area contributed by atoms with E-state index in [9.17, 15) is 8.42 Å². The van der Waals surface area contributed by atoms with E-state index < -0.39 is 10.0 Å². The smallest absolute Gasteiger partial charge is 0.243 e. The number of rotatable bonds is 7. The summed E-state index contributed by atoms with van der Waals surface area (Å²) >= 11 is 0. The molecule has 0 heterocycles. The van der Waals surface area contributed by atoms with E-state index in [0.717, 1.165) is 18.1 Å². The number of aliphatic imine (C=N–C) groups is 1. The van der Waals surface area contributed by atoms with Crippen LogP contribution >= 0.6 is 24.0 Å². The van der Waals surface area contributed by atoms with Crippen LogP contribution in [-0.4, -0.2) is 44.4 Å². The molecule has 0 bridgehead atoms. The van der Waals surface area contributed by atoms with Crippen LogP contribution in [0.15, 0.2) is 34.2 Å². The summed E-state index contributed by atoms with van der Waals surface area (Å²) in [6.07, 6.45) is 6.27. The van der Waals surface area contributed by atoms with E-state index in [2.05, 4.69) is 22.5 Å². The molecule has 1 fully saturated rings. The molecule has 1 aliphatic rings. The van der Waals surface area contributed by atoms with Gasteiger partial charge in [-0.3, -0.25) is 0 Å². The molecule has 0 aliphatic heterocycles. The first-order valence-corrected chi connectivity index (χ1v) is 11.4. The van der Waals surface area contributed by atoms with Crippen LogP contribution in [0.1, 0.15) is 58.4 Å². The molecule has 0 atom stereocenters. The van der Waals surface area contributed by atoms with E-state index >= 15 is 0 Å². The Kier molecular flexibility index (Phi) is 10.8. The molecule has 28 heavy (non-hydrogen) atoms. The third kappa shape index (κ3) is 7.18. The largest absolute Gasteiger partial charge is 0.357 e. The van der Waals surface area contributed by atoms with Crippen molar-refractivity contribution in [3.05, 3.63) is 29.8 Å². The van der Waals surface area contributed by atoms with Gasteiger partial charge in [0.2, 0.25) is 10.0 Å². The van der Waals surface area contributed by atoms with Crippen LogP contribution in [0.2, 0.25) is 0 Å². The highest BCUT2D eigenvalue weighted by molar-refractivity contribution is 14.0. The Bertz CT molecular complexity index is 714. The fourth-order valence-electron chi connectivity index (χ4n) is 3.14. The van der Waals surface area contributed by atoms with Crippen LogP contribution in [0.5, 0.6) is 0 Å². The van der Waals surface area contributed by atoms with Crippen LogP contribution in [0.3, 0.4) is 0 Å². The molecule has 8 heteroatoms. The topological polar surface area (TPSA) is 73.8 Å². The lowest BCUT2D eigenvalue weighted by atomic mass is 9.96. The standard InChI is InChI=1S/C20H34N4O2S.HI/c1-5-21-20(23-18-9-7-6-8-10-18)22-15-17-11-13-19(14-12-17)27(25,26)24(4)16(2)3;/h11-14,16,18H,5-10,15H2,1-4H3,(H2,21,22,23);1H. The Morgan fingerprint density at radius 3 is 2.32 bits per heavy atom. The van der Waals surface area contributed by atoms with Crippen LogP contribution < -0.4 is 10.6 Å². The summed E-state index contributed by atoms with van der Waals surface area (Å²) in [6.45, 7) is 7.12. The fourth-order valence-corrected chi connectivity index (χ4v) is 4.51. The quantitative estimate of drug-likeness (QED) is 0.325. The van der Waals surface area contributed by atoms with Crippen molar-refractivity contribution in [2.45, 2.75) is 76.4 Å². The fraction of sp³-hybridized carbons (Fsp3) is 0.650. The maximum Gasteiger partial charge on any atom is 0.243 e. The van der Waals surface area contributed by atoms with Crippen LogP contribution in [0.25, 0.3) is 0 Å². The number of benzene rings is 1. The van der Waals surface area contributed by atoms with Crippen molar-refractivity contribution in [3.8, 4) is 0 Å². The first kappa shape index (κ1) is 25.2. The Balaban J connectivity index is 0.00000392. The molecule has 1 saturated carbocycles. The number of nitrogens with one attached hydrogen (secondary N) is 2. The normalized spacial score (nSPS) is 16.1. The van der Waals surface area contributed by atoms with Crippen molar-refractivity contribution in [3.63, 3.8) is 0 Å². The number of halogens is 1. The van der Waals surface area contributed by atoms with E-state index in [0.29, 0.717) is 17.5 Å². The lowest BCUT2D eigenvalue weighted by molar-refractivity contribution is 0.410. The van der Waals surface area contributed by atoms with Gasteiger partial charge in [-0.2, -0.15) is 4.31 Å². The molecule has 0 radical (unpaired) electrons. The Morgan fingerprint density at radius 2 is 1.79 bits per heavy atom. The monoisotopic (exact) mass is 522 g/mol. The highest BCUT2D eigenvalue weighted by atomic mass is 127. The third-order valence-corrected chi connectivity index (χ3v) is 7.09. The zero-order valence-electron chi connectivity index (χ0n) is 17.4. The van der Waals surface area contributed by atoms with Crippen molar-refractivity contribution in [2.75, 3.05) is 13.6 Å². The molecule has 0 amide bonds. The summed E-state index contributed by atoms with van der Waals surface area (Å²) in [4.78, 5) is 4.99. The second-order valence-electron chi connectivity index (χ2n) is 7.43. The minimum atomic E-state index is -3.44. The van der Waals surface area contributed by atoms with Crippen LogP contribution in [-0.2, 0) is 16.6 Å². The Labute approximate surface area is 187 Å². The number of guanidine groups is 1. The molecule has 160 valence electrons. The summed E-state index contributed by atoms with van der Waals surface area (Å²) in [7, 11) is -1.83. The maximum atomic E-state index is 12.5. The maximum absolute atomic E-state index is 12.5. The lowest BCUT2D eigenvalue weighted by Gasteiger charge is -2.24. The molecule has 2 N–H and O–H groups in total. The van der Waals surface area contributed by atoms with Gasteiger partial charge in [-0.1, -0.05) is 31.4 Å². The lowest BCUT2D eigenvalue weighted by Crippen LogP contribution is -2.44. The molecule has 1 aromatic rings. The number of nitrogens with zero attached hydrogens (tertiary/aromatic N) is 2. The van der Waals surface area contributed by atoms with Gasteiger partial charge in [-0.25, -0.2) is 13.4 Å². The first-order valence-electron chi connectivity index (χ1n) is 9.96. The predicted molar refractivity (Wildman–Crippen MR) is 127 cm³/mol. The van der Waals surface area contributed by atoms with Crippen molar-refractivity contribution in [1.82, 2.24) is 14.9 Å². The van der Waals surface area contributed by atoms with E-state index in [4.69, 9.17) is 0 Å². The molecule has 0 unspecified atom stereocenters. The zero-order valence-corrected chi connectivity index (χ0v) is 20.6. The van der Waals surface area contributed by atoms with Gasteiger partial charge in [0.1, 0.15) is 0 Å². The van der Waals surface area contributed by atoms with Crippen molar-refractivity contribution < 1.29 is 8.42 Å². The van der Waals surface area contributed by atoms with Crippen LogP contribution in [0.4, 0.5) is 0 Å². The summed E-state index contributed by atoms with van der Waals surface area (Å²) in [5.41, 5.74) is 0.988. The SMILES string of the molecule is CCNC(=NCc1ccc(S(=O)(=O)N(C)C(C)C)cc1)NC1CCCCC1.I. The second-order valence-corrected chi connectivity index (χ2v) is 9.43. The van der Waals surface area contributed by atoms with Crippen molar-refractivity contribution >= 4 is 40.0 Å². The van der Waals surface area contributed by atoms with E-state index in [1.165, 1.54) is 36.4 Å². The summed E-state index contributed by atoms with van der Waals surface area (Å²) < 4.78 is 26.5. The molecule has 1 aliphatic carbocycles. The predicted octanol–water partition coefficient (Wildman–Crippen LogP) is 3.72. The van der Waals surface area contributed by atoms with Gasteiger partial charge >= 0.3 is 0 Å². The van der Waals surface area contributed by atoms with E-state index in [-0.39, 0.29) is 30.0 Å². The summed E-state index contributed by atoms with van der Waals surface area (Å²) in [5.74, 6) is 0.834. The molecular weight excluding hydrogens is 487 g/mol. The van der Waals surface area contributed by atoms with Crippen molar-refractivity contribution in [1.29, 1.82) is 0 Å². The Morgan fingerprint density at radius 1 is 1.18 bits per heavy atom. The molecule has 0 saturated heterocycles. The molecular formula is C20H35IN4O2S. The first-order chi connectivity index (χ1) is 12.8. The summed E-state index contributed by atoms with van der Waals surface area (Å²) in [6, 6.07) is 7.44. The minimum absolute atomic E-state index is 0. The van der Waals surface area contributed by atoms with Gasteiger partial charge in [-0.05, 0) is 51.3 Å². The molecule has 2 rings (SSSR count). The van der Waals surface area contributed by atoms with Crippen LogP contribution in [0, 0.1) is 0 Å². The van der Waals surface area contributed by atoms with Gasteiger partial charge in [0.05, 0.1) is 11.4 Å². The number of hydrogen-bond acceptors (Lipinski definition) is 3. The Hall–Kier alpha value is -0.870. The van der Waals surface area contributed by atoms with E-state index in [1.807, 2.05) is 26.0 Å². The second kappa shape index (κ2) is 12.0. The highest BCUT2D eigenvalue weighted by Gasteiger charge is 2.22. The average Bonchev–Trinajstić information content (AvgIpc) is 2.66. The number of sulfonamides is 1. The summed E-state index contributed by atoms with van der Waals surface area (Å²) in [5, 5.41) is 6.83. The van der Waals surface area contributed by atoms with Crippen molar-refractivity contribution in [2.24, 2.45) is 4.99 Å². The molecule has 0 aromatic heterocycles. The van der Waals surface area contributed by atoms with Gasteiger partial charge in [0.15, 0.2) is 5.96 Å². The molecule has 1 aromatic carbocycles. The minimum Gasteiger partial charge on any atom is -0.357 e. The van der Waals surface area contributed by atoms with Gasteiger partial charge < -0.3 is 10.6 Å². The third-order valence-electron chi connectivity index (χ3n) is 5.04. The van der Waals surface area contributed by atoms with Gasteiger partial charge in [-0.15, -0.1) is 24.0 Å². The van der Waals surface area contributed by atoms with Gasteiger partial charge in [0, 0.05) is 25.7 Å². The van der Waals surface area contributed by atoms with Gasteiger partial charge in [0.25, 0.3) is 0 Å². The average molecular weight is 522 g/mol.